The summed E-state index contributed by atoms with van der Waals surface area (Å²) in [5.41, 5.74) is 6.81. The number of halogens is 1. The lowest BCUT2D eigenvalue weighted by atomic mass is 9.95. The van der Waals surface area contributed by atoms with Crippen molar-refractivity contribution in [1.82, 2.24) is 0 Å². The fraction of sp³-hybridized carbons (Fsp3) is 0.300. The van der Waals surface area contributed by atoms with Crippen LogP contribution in [0.2, 0.25) is 0 Å². The molecular weight excluding hydrogens is 320 g/mol. The molecule has 108 valence electrons. The van der Waals surface area contributed by atoms with E-state index in [4.69, 9.17) is 0 Å². The highest BCUT2D eigenvalue weighted by molar-refractivity contribution is 9.10. The molecule has 1 unspecified atom stereocenters. The van der Waals surface area contributed by atoms with E-state index in [1.165, 1.54) is 51.6 Å². The Kier molecular flexibility index (Phi) is 4.30. The zero-order chi connectivity index (χ0) is 14.8. The first-order valence-corrected chi connectivity index (χ1v) is 8.59. The first-order chi connectivity index (χ1) is 10.2. The number of benzene rings is 2. The quantitative estimate of drug-likeness (QED) is 0.588. The summed E-state index contributed by atoms with van der Waals surface area (Å²) >= 11 is 3.73. The minimum atomic E-state index is 0.524. The summed E-state index contributed by atoms with van der Waals surface area (Å²) in [6, 6.07) is 13.6. The topological polar surface area (TPSA) is 0 Å². The van der Waals surface area contributed by atoms with Crippen LogP contribution in [0.4, 0.5) is 0 Å². The summed E-state index contributed by atoms with van der Waals surface area (Å²) < 4.78 is 1.18. The summed E-state index contributed by atoms with van der Waals surface area (Å²) in [5.74, 6) is 0.524. The normalized spacial score (nSPS) is 16.2. The molecule has 0 spiro atoms. The molecule has 1 heteroatoms. The van der Waals surface area contributed by atoms with Gasteiger partial charge in [0.2, 0.25) is 0 Å². The summed E-state index contributed by atoms with van der Waals surface area (Å²) in [7, 11) is 0. The fourth-order valence-corrected chi connectivity index (χ4v) is 3.54. The van der Waals surface area contributed by atoms with Crippen LogP contribution in [0, 0.1) is 0 Å². The minimum Gasteiger partial charge on any atom is -0.0767 e. The van der Waals surface area contributed by atoms with Crippen molar-refractivity contribution in [3.8, 4) is 11.1 Å². The molecule has 1 aliphatic carbocycles. The molecule has 0 fully saturated rings. The SMILES string of the molecule is CCCCc1ccc(-c2cc3c(cc2Br)C=CC3C)cc1. The number of hydrogen-bond donors (Lipinski definition) is 0. The van der Waals surface area contributed by atoms with Gasteiger partial charge in [0.25, 0.3) is 0 Å². The van der Waals surface area contributed by atoms with Crippen molar-refractivity contribution in [2.45, 2.75) is 39.0 Å². The molecule has 2 aromatic rings. The van der Waals surface area contributed by atoms with Gasteiger partial charge in [-0.3, -0.25) is 0 Å². The van der Waals surface area contributed by atoms with Crippen molar-refractivity contribution in [2.75, 3.05) is 0 Å². The average Bonchev–Trinajstić information content (AvgIpc) is 2.85. The first-order valence-electron chi connectivity index (χ1n) is 7.80. The molecule has 0 bridgehead atoms. The van der Waals surface area contributed by atoms with Gasteiger partial charge in [0.15, 0.2) is 0 Å². The van der Waals surface area contributed by atoms with E-state index in [9.17, 15) is 0 Å². The molecule has 0 aromatic heterocycles. The highest BCUT2D eigenvalue weighted by atomic mass is 79.9. The zero-order valence-corrected chi connectivity index (χ0v) is 14.3. The van der Waals surface area contributed by atoms with Crippen molar-refractivity contribution < 1.29 is 0 Å². The molecule has 0 amide bonds. The van der Waals surface area contributed by atoms with Crippen LogP contribution >= 0.6 is 15.9 Å². The molecule has 2 aromatic carbocycles. The van der Waals surface area contributed by atoms with E-state index in [1.54, 1.807) is 0 Å². The van der Waals surface area contributed by atoms with E-state index in [2.05, 4.69) is 78.3 Å². The van der Waals surface area contributed by atoms with Gasteiger partial charge in [-0.2, -0.15) is 0 Å². The van der Waals surface area contributed by atoms with Crippen LogP contribution in [0.15, 0.2) is 46.9 Å². The van der Waals surface area contributed by atoms with Crippen LogP contribution in [-0.2, 0) is 6.42 Å². The average molecular weight is 341 g/mol. The van der Waals surface area contributed by atoms with Gasteiger partial charge < -0.3 is 0 Å². The summed E-state index contributed by atoms with van der Waals surface area (Å²) in [6.45, 7) is 4.50. The Balaban J connectivity index is 1.92. The van der Waals surface area contributed by atoms with Crippen LogP contribution < -0.4 is 0 Å². The Hall–Kier alpha value is -1.34. The third-order valence-corrected chi connectivity index (χ3v) is 4.97. The predicted molar refractivity (Wildman–Crippen MR) is 95.6 cm³/mol. The summed E-state index contributed by atoms with van der Waals surface area (Å²) in [6.07, 6.45) is 8.20. The minimum absolute atomic E-state index is 0.524. The molecule has 21 heavy (non-hydrogen) atoms. The Morgan fingerprint density at radius 3 is 2.57 bits per heavy atom. The number of hydrogen-bond acceptors (Lipinski definition) is 0. The molecular formula is C20H21Br. The van der Waals surface area contributed by atoms with E-state index in [0.717, 1.165) is 0 Å². The van der Waals surface area contributed by atoms with E-state index in [-0.39, 0.29) is 0 Å². The van der Waals surface area contributed by atoms with Crippen molar-refractivity contribution >= 4 is 22.0 Å². The number of rotatable bonds is 4. The smallest absolute Gasteiger partial charge is 0.0259 e. The van der Waals surface area contributed by atoms with Crippen LogP contribution in [0.25, 0.3) is 17.2 Å². The van der Waals surface area contributed by atoms with Gasteiger partial charge in [0, 0.05) is 4.47 Å². The number of fused-ring (bicyclic) bond motifs is 1. The third kappa shape index (κ3) is 2.98. The maximum absolute atomic E-state index is 3.73. The van der Waals surface area contributed by atoms with E-state index in [1.807, 2.05) is 0 Å². The molecule has 0 N–H and O–H groups in total. The van der Waals surface area contributed by atoms with Gasteiger partial charge in [-0.05, 0) is 58.7 Å². The Morgan fingerprint density at radius 2 is 1.86 bits per heavy atom. The van der Waals surface area contributed by atoms with Gasteiger partial charge >= 0.3 is 0 Å². The van der Waals surface area contributed by atoms with Crippen LogP contribution in [0.5, 0.6) is 0 Å². The highest BCUT2D eigenvalue weighted by Crippen LogP contribution is 2.38. The second-order valence-corrected chi connectivity index (χ2v) is 6.76. The maximum Gasteiger partial charge on any atom is 0.0259 e. The van der Waals surface area contributed by atoms with Crippen LogP contribution in [-0.4, -0.2) is 0 Å². The van der Waals surface area contributed by atoms with E-state index in [0.29, 0.717) is 5.92 Å². The number of unbranched alkanes of at least 4 members (excludes halogenated alkanes) is 1. The molecule has 0 saturated heterocycles. The Morgan fingerprint density at radius 1 is 1.10 bits per heavy atom. The van der Waals surface area contributed by atoms with Crippen molar-refractivity contribution in [3.63, 3.8) is 0 Å². The predicted octanol–water partition coefficient (Wildman–Crippen LogP) is 6.59. The molecule has 0 radical (unpaired) electrons. The lowest BCUT2D eigenvalue weighted by Gasteiger charge is -2.12. The molecule has 0 nitrogen and oxygen atoms in total. The lowest BCUT2D eigenvalue weighted by Crippen LogP contribution is -1.91. The third-order valence-electron chi connectivity index (χ3n) is 4.31. The zero-order valence-electron chi connectivity index (χ0n) is 12.7. The van der Waals surface area contributed by atoms with Gasteiger partial charge in [-0.1, -0.05) is 72.6 Å². The Bertz CT molecular complexity index is 665. The molecule has 0 heterocycles. The largest absolute Gasteiger partial charge is 0.0767 e. The van der Waals surface area contributed by atoms with E-state index >= 15 is 0 Å². The summed E-state index contributed by atoms with van der Waals surface area (Å²) in [4.78, 5) is 0. The van der Waals surface area contributed by atoms with Gasteiger partial charge in [0.1, 0.15) is 0 Å². The standard InChI is InChI=1S/C20H21Br/c1-3-4-5-15-7-10-16(11-8-15)19-13-18-14(2)6-9-17(18)12-20(19)21/h6-14H,3-5H2,1-2H3. The van der Waals surface area contributed by atoms with Crippen LogP contribution in [0.3, 0.4) is 0 Å². The fourth-order valence-electron chi connectivity index (χ4n) is 2.95. The van der Waals surface area contributed by atoms with Crippen molar-refractivity contribution in [1.29, 1.82) is 0 Å². The number of allylic oxidation sites excluding steroid dienone is 1. The maximum atomic E-state index is 3.73. The van der Waals surface area contributed by atoms with Crippen molar-refractivity contribution in [2.24, 2.45) is 0 Å². The van der Waals surface area contributed by atoms with Gasteiger partial charge in [-0.15, -0.1) is 0 Å². The highest BCUT2D eigenvalue weighted by Gasteiger charge is 2.16. The molecule has 1 aliphatic rings. The van der Waals surface area contributed by atoms with E-state index < -0.39 is 0 Å². The van der Waals surface area contributed by atoms with Gasteiger partial charge in [-0.25, -0.2) is 0 Å². The molecule has 3 rings (SSSR count). The number of aryl methyl sites for hydroxylation is 1. The monoisotopic (exact) mass is 340 g/mol. The molecule has 0 saturated carbocycles. The summed E-state index contributed by atoms with van der Waals surface area (Å²) in [5, 5.41) is 0. The Labute approximate surface area is 136 Å². The molecule has 1 atom stereocenters. The second kappa shape index (κ2) is 6.19. The second-order valence-electron chi connectivity index (χ2n) is 5.91. The van der Waals surface area contributed by atoms with Crippen molar-refractivity contribution in [3.05, 3.63) is 63.6 Å². The lowest BCUT2D eigenvalue weighted by molar-refractivity contribution is 0.795. The van der Waals surface area contributed by atoms with Gasteiger partial charge in [0.05, 0.1) is 0 Å². The molecule has 0 aliphatic heterocycles. The van der Waals surface area contributed by atoms with Crippen LogP contribution in [0.1, 0.15) is 49.3 Å². The first kappa shape index (κ1) is 14.6.